The molecule has 2 rings (SSSR count). The van der Waals surface area contributed by atoms with Crippen LogP contribution in [0.3, 0.4) is 0 Å². The fraction of sp³-hybridized carbons (Fsp3) is 0.231. The van der Waals surface area contributed by atoms with Gasteiger partial charge in [-0.15, -0.1) is 0 Å². The first-order valence-corrected chi connectivity index (χ1v) is 7.99. The van der Waals surface area contributed by atoms with Crippen molar-refractivity contribution in [1.82, 2.24) is 14.1 Å². The fourth-order valence-corrected chi connectivity index (χ4v) is 3.22. The van der Waals surface area contributed by atoms with E-state index in [2.05, 4.69) is 5.10 Å². The minimum Gasteiger partial charge on any atom is -0.389 e. The first-order chi connectivity index (χ1) is 9.80. The number of aryl methyl sites for hydroxylation is 1. The lowest BCUT2D eigenvalue weighted by Gasteiger charge is -2.16. The minimum atomic E-state index is -3.60. The lowest BCUT2D eigenvalue weighted by atomic mass is 10.2. The number of nitrogens with two attached hydrogens (primary N) is 1. The van der Waals surface area contributed by atoms with Crippen LogP contribution in [-0.2, 0) is 23.6 Å². The summed E-state index contributed by atoms with van der Waals surface area (Å²) in [6.45, 7) is 0.244. The highest BCUT2D eigenvalue weighted by molar-refractivity contribution is 7.89. The molecule has 0 aliphatic heterocycles. The second-order valence-corrected chi connectivity index (χ2v) is 7.16. The van der Waals surface area contributed by atoms with Crippen molar-refractivity contribution in [2.75, 3.05) is 7.05 Å². The third-order valence-corrected chi connectivity index (χ3v) is 5.03. The SMILES string of the molecule is CN(Cc1cnn(C)c1)S(=O)(=O)c1cccc(C(N)=S)c1. The van der Waals surface area contributed by atoms with Gasteiger partial charge in [-0.2, -0.15) is 9.40 Å². The highest BCUT2D eigenvalue weighted by Gasteiger charge is 2.21. The van der Waals surface area contributed by atoms with E-state index in [1.807, 2.05) is 0 Å². The summed E-state index contributed by atoms with van der Waals surface area (Å²) in [7, 11) is -0.298. The van der Waals surface area contributed by atoms with Crippen molar-refractivity contribution in [2.24, 2.45) is 12.8 Å². The Morgan fingerprint density at radius 3 is 2.76 bits per heavy atom. The van der Waals surface area contributed by atoms with Crippen molar-refractivity contribution in [3.05, 3.63) is 47.8 Å². The molecule has 0 bridgehead atoms. The Kier molecular flexibility index (Phi) is 4.40. The Labute approximate surface area is 129 Å². The molecule has 21 heavy (non-hydrogen) atoms. The highest BCUT2D eigenvalue weighted by atomic mass is 32.2. The molecule has 0 fully saturated rings. The number of nitrogens with zero attached hydrogens (tertiary/aromatic N) is 3. The number of thiocarbonyl (C=S) groups is 1. The van der Waals surface area contributed by atoms with Crippen LogP contribution in [0, 0.1) is 0 Å². The molecule has 1 aromatic heterocycles. The molecule has 1 aromatic carbocycles. The third-order valence-electron chi connectivity index (χ3n) is 2.99. The van der Waals surface area contributed by atoms with Crippen LogP contribution in [0.5, 0.6) is 0 Å². The molecular formula is C13H16N4O2S2. The highest BCUT2D eigenvalue weighted by Crippen LogP contribution is 2.18. The van der Waals surface area contributed by atoms with Gasteiger partial charge in [0.25, 0.3) is 0 Å². The van der Waals surface area contributed by atoms with E-state index in [0.29, 0.717) is 5.56 Å². The maximum absolute atomic E-state index is 12.5. The molecule has 2 aromatic rings. The average molecular weight is 324 g/mol. The van der Waals surface area contributed by atoms with E-state index in [1.165, 1.54) is 23.5 Å². The predicted molar refractivity (Wildman–Crippen MR) is 84.2 cm³/mol. The monoisotopic (exact) mass is 324 g/mol. The lowest BCUT2D eigenvalue weighted by Crippen LogP contribution is -2.26. The average Bonchev–Trinajstić information content (AvgIpc) is 2.84. The maximum atomic E-state index is 12.5. The molecule has 0 saturated heterocycles. The standard InChI is InChI=1S/C13H16N4O2S2/c1-16-8-10(7-15-16)9-17(2)21(18,19)12-5-3-4-11(6-12)13(14)20/h3-8H,9H2,1-2H3,(H2,14,20). The molecule has 0 unspecified atom stereocenters. The normalized spacial score (nSPS) is 11.8. The summed E-state index contributed by atoms with van der Waals surface area (Å²) in [6.07, 6.45) is 3.41. The van der Waals surface area contributed by atoms with E-state index in [0.717, 1.165) is 5.56 Å². The fourth-order valence-electron chi connectivity index (χ4n) is 1.89. The molecule has 0 saturated carbocycles. The molecule has 8 heteroatoms. The summed E-state index contributed by atoms with van der Waals surface area (Å²) >= 11 is 4.88. The zero-order chi connectivity index (χ0) is 15.6. The second kappa shape index (κ2) is 5.92. The molecule has 0 atom stereocenters. The Bertz CT molecular complexity index is 768. The van der Waals surface area contributed by atoms with Gasteiger partial charge < -0.3 is 5.73 Å². The van der Waals surface area contributed by atoms with Crippen molar-refractivity contribution in [3.63, 3.8) is 0 Å². The molecule has 0 aliphatic rings. The van der Waals surface area contributed by atoms with Gasteiger partial charge in [-0.1, -0.05) is 24.4 Å². The van der Waals surface area contributed by atoms with Crippen LogP contribution in [-0.4, -0.2) is 34.5 Å². The number of rotatable bonds is 5. The Morgan fingerprint density at radius 1 is 1.48 bits per heavy atom. The molecule has 0 aliphatic carbocycles. The maximum Gasteiger partial charge on any atom is 0.243 e. The number of benzene rings is 1. The summed E-state index contributed by atoms with van der Waals surface area (Å²) in [5.74, 6) is 0. The molecule has 6 nitrogen and oxygen atoms in total. The zero-order valence-electron chi connectivity index (χ0n) is 11.7. The lowest BCUT2D eigenvalue weighted by molar-refractivity contribution is 0.466. The molecule has 0 spiro atoms. The Hall–Kier alpha value is -1.77. The van der Waals surface area contributed by atoms with E-state index < -0.39 is 10.0 Å². The topological polar surface area (TPSA) is 81.2 Å². The smallest absolute Gasteiger partial charge is 0.243 e. The van der Waals surface area contributed by atoms with Crippen LogP contribution in [0.25, 0.3) is 0 Å². The van der Waals surface area contributed by atoms with Gasteiger partial charge in [-0.25, -0.2) is 8.42 Å². The number of hydrogen-bond donors (Lipinski definition) is 1. The summed E-state index contributed by atoms with van der Waals surface area (Å²) in [5.41, 5.74) is 6.88. The van der Waals surface area contributed by atoms with Crippen molar-refractivity contribution in [2.45, 2.75) is 11.4 Å². The summed E-state index contributed by atoms with van der Waals surface area (Å²) in [6, 6.07) is 6.32. The van der Waals surface area contributed by atoms with Gasteiger partial charge >= 0.3 is 0 Å². The van der Waals surface area contributed by atoms with Crippen LogP contribution in [0.1, 0.15) is 11.1 Å². The molecular weight excluding hydrogens is 308 g/mol. The van der Waals surface area contributed by atoms with E-state index in [4.69, 9.17) is 18.0 Å². The van der Waals surface area contributed by atoms with Crippen LogP contribution in [0.4, 0.5) is 0 Å². The molecule has 1 heterocycles. The van der Waals surface area contributed by atoms with Crippen LogP contribution >= 0.6 is 12.2 Å². The second-order valence-electron chi connectivity index (χ2n) is 4.68. The molecule has 0 radical (unpaired) electrons. The van der Waals surface area contributed by atoms with E-state index in [-0.39, 0.29) is 16.4 Å². The number of sulfonamides is 1. The third kappa shape index (κ3) is 3.46. The van der Waals surface area contributed by atoms with Crippen molar-refractivity contribution < 1.29 is 8.42 Å². The van der Waals surface area contributed by atoms with Gasteiger partial charge in [0.05, 0.1) is 11.1 Å². The Morgan fingerprint density at radius 2 is 2.19 bits per heavy atom. The van der Waals surface area contributed by atoms with Crippen LogP contribution in [0.2, 0.25) is 0 Å². The summed E-state index contributed by atoms with van der Waals surface area (Å²) in [5, 5.41) is 4.02. The largest absolute Gasteiger partial charge is 0.389 e. The predicted octanol–water partition coefficient (Wildman–Crippen LogP) is 0.875. The molecule has 2 N–H and O–H groups in total. The van der Waals surface area contributed by atoms with Crippen LogP contribution < -0.4 is 5.73 Å². The summed E-state index contributed by atoms with van der Waals surface area (Å²) < 4.78 is 28.0. The quantitative estimate of drug-likeness (QED) is 0.826. The molecule has 0 amide bonds. The minimum absolute atomic E-state index is 0.166. The van der Waals surface area contributed by atoms with Crippen LogP contribution in [0.15, 0.2) is 41.6 Å². The van der Waals surface area contributed by atoms with E-state index in [9.17, 15) is 8.42 Å². The van der Waals surface area contributed by atoms with Gasteiger partial charge in [0.2, 0.25) is 10.0 Å². The van der Waals surface area contributed by atoms with Gasteiger partial charge in [0.15, 0.2) is 0 Å². The first-order valence-electron chi connectivity index (χ1n) is 6.14. The van der Waals surface area contributed by atoms with Crippen molar-refractivity contribution in [1.29, 1.82) is 0 Å². The Balaban J connectivity index is 2.28. The van der Waals surface area contributed by atoms with Gasteiger partial charge in [0, 0.05) is 38.0 Å². The first kappa shape index (κ1) is 15.6. The van der Waals surface area contributed by atoms with Crippen molar-refractivity contribution >= 4 is 27.2 Å². The van der Waals surface area contributed by atoms with E-state index in [1.54, 1.807) is 36.3 Å². The molecule has 112 valence electrons. The van der Waals surface area contributed by atoms with Gasteiger partial charge in [0.1, 0.15) is 4.99 Å². The van der Waals surface area contributed by atoms with Crippen molar-refractivity contribution in [3.8, 4) is 0 Å². The zero-order valence-corrected chi connectivity index (χ0v) is 13.4. The van der Waals surface area contributed by atoms with Gasteiger partial charge in [-0.3, -0.25) is 4.68 Å². The van der Waals surface area contributed by atoms with Gasteiger partial charge in [-0.05, 0) is 12.1 Å². The number of hydrogen-bond acceptors (Lipinski definition) is 4. The number of aromatic nitrogens is 2. The van der Waals surface area contributed by atoms with E-state index >= 15 is 0 Å². The summed E-state index contributed by atoms with van der Waals surface area (Å²) in [4.78, 5) is 0.334.